The lowest BCUT2D eigenvalue weighted by Gasteiger charge is -2.23. The largest absolute Gasteiger partial charge is 0.476 e. The Kier molecular flexibility index (Phi) is 3.25. The molecule has 3 rings (SSSR count). The van der Waals surface area contributed by atoms with Gasteiger partial charge in [-0.15, -0.1) is 0 Å². The van der Waals surface area contributed by atoms with E-state index in [2.05, 4.69) is 4.98 Å². The minimum absolute atomic E-state index is 0.0183. The molecule has 1 unspecified atom stereocenters. The third kappa shape index (κ3) is 2.20. The maximum absolute atomic E-state index is 11.7. The van der Waals surface area contributed by atoms with Gasteiger partial charge in [-0.25, -0.2) is 9.78 Å². The van der Waals surface area contributed by atoms with Crippen molar-refractivity contribution >= 4 is 11.9 Å². The number of rotatable bonds is 3. The van der Waals surface area contributed by atoms with Gasteiger partial charge in [-0.2, -0.15) is 0 Å². The summed E-state index contributed by atoms with van der Waals surface area (Å²) >= 11 is 0. The summed E-state index contributed by atoms with van der Waals surface area (Å²) in [7, 11) is 1.35. The number of carbonyl (C=O) groups excluding carboxylic acids is 1. The maximum Gasteiger partial charge on any atom is 0.356 e. The molecule has 0 fully saturated rings. The van der Waals surface area contributed by atoms with Gasteiger partial charge in [0.25, 0.3) is 0 Å². The number of carbonyl (C=O) groups is 2. The minimum Gasteiger partial charge on any atom is -0.476 e. The van der Waals surface area contributed by atoms with Crippen molar-refractivity contribution in [1.29, 1.82) is 0 Å². The molecular formula is C14H14N2O5. The van der Waals surface area contributed by atoms with E-state index < -0.39 is 5.97 Å². The van der Waals surface area contributed by atoms with Gasteiger partial charge in [0.2, 0.25) is 0 Å². The highest BCUT2D eigenvalue weighted by molar-refractivity contribution is 5.88. The number of fused-ring (bicyclic) bond motifs is 1. The second kappa shape index (κ2) is 5.08. The van der Waals surface area contributed by atoms with Gasteiger partial charge in [0.05, 0.1) is 25.0 Å². The normalized spacial score (nSPS) is 17.3. The van der Waals surface area contributed by atoms with E-state index in [1.165, 1.54) is 13.4 Å². The third-order valence-electron chi connectivity index (χ3n) is 3.68. The molecule has 0 saturated carbocycles. The molecule has 1 aliphatic heterocycles. The van der Waals surface area contributed by atoms with Gasteiger partial charge >= 0.3 is 11.9 Å². The first kappa shape index (κ1) is 13.4. The number of carboxylic acids is 1. The Balaban J connectivity index is 2.07. The summed E-state index contributed by atoms with van der Waals surface area (Å²) in [6, 6.07) is 3.42. The number of nitrogens with zero attached hydrogens (tertiary/aromatic N) is 2. The second-order valence-corrected chi connectivity index (χ2v) is 4.88. The zero-order chi connectivity index (χ0) is 15.0. The Bertz CT molecular complexity index is 687. The molecule has 7 heteroatoms. The Hall–Kier alpha value is -2.57. The lowest BCUT2D eigenvalue weighted by Crippen LogP contribution is -2.28. The van der Waals surface area contributed by atoms with Crippen LogP contribution < -0.4 is 0 Å². The minimum atomic E-state index is -1.08. The Morgan fingerprint density at radius 3 is 2.95 bits per heavy atom. The third-order valence-corrected chi connectivity index (χ3v) is 3.68. The summed E-state index contributed by atoms with van der Waals surface area (Å²) in [6.45, 7) is 0.346. The molecule has 1 aliphatic rings. The number of hydrogen-bond acceptors (Lipinski definition) is 5. The number of furan rings is 1. The van der Waals surface area contributed by atoms with Crippen LogP contribution in [0.2, 0.25) is 0 Å². The molecule has 0 radical (unpaired) electrons. The summed E-state index contributed by atoms with van der Waals surface area (Å²) in [5.41, 5.74) is 0.638. The zero-order valence-corrected chi connectivity index (χ0v) is 11.4. The highest BCUT2D eigenvalue weighted by atomic mass is 16.5. The van der Waals surface area contributed by atoms with Crippen molar-refractivity contribution in [1.82, 2.24) is 9.55 Å². The molecule has 3 heterocycles. The lowest BCUT2D eigenvalue weighted by molar-refractivity contribution is -0.146. The molecule has 2 aromatic heterocycles. The van der Waals surface area contributed by atoms with Crippen LogP contribution in [0.25, 0.3) is 11.6 Å². The monoisotopic (exact) mass is 290 g/mol. The number of carboxylic acid groups (broad SMARTS) is 1. The fourth-order valence-corrected chi connectivity index (χ4v) is 2.68. The van der Waals surface area contributed by atoms with Crippen LogP contribution >= 0.6 is 0 Å². The van der Waals surface area contributed by atoms with Gasteiger partial charge in [0.1, 0.15) is 0 Å². The molecule has 0 spiro atoms. The number of aromatic nitrogens is 2. The van der Waals surface area contributed by atoms with Crippen molar-refractivity contribution in [3.63, 3.8) is 0 Å². The van der Waals surface area contributed by atoms with Crippen molar-refractivity contribution in [2.75, 3.05) is 7.11 Å². The molecule has 21 heavy (non-hydrogen) atoms. The average molecular weight is 290 g/mol. The molecule has 110 valence electrons. The first-order valence-electron chi connectivity index (χ1n) is 6.56. The summed E-state index contributed by atoms with van der Waals surface area (Å²) < 4.78 is 11.8. The quantitative estimate of drug-likeness (QED) is 0.862. The van der Waals surface area contributed by atoms with Crippen LogP contribution in [0, 0.1) is 5.92 Å². The molecule has 1 N–H and O–H groups in total. The molecular weight excluding hydrogens is 276 g/mol. The lowest BCUT2D eigenvalue weighted by atomic mass is 9.97. The Morgan fingerprint density at radius 2 is 2.33 bits per heavy atom. The predicted molar refractivity (Wildman–Crippen MR) is 70.7 cm³/mol. The van der Waals surface area contributed by atoms with Gasteiger partial charge in [0, 0.05) is 6.54 Å². The van der Waals surface area contributed by atoms with E-state index in [1.54, 1.807) is 16.7 Å². The van der Waals surface area contributed by atoms with Gasteiger partial charge < -0.3 is 18.8 Å². The van der Waals surface area contributed by atoms with Crippen molar-refractivity contribution in [2.45, 2.75) is 19.4 Å². The molecule has 0 amide bonds. The van der Waals surface area contributed by atoms with Crippen molar-refractivity contribution in [3.05, 3.63) is 29.8 Å². The number of methoxy groups -OCH3 is 1. The summed E-state index contributed by atoms with van der Waals surface area (Å²) in [4.78, 5) is 27.2. The van der Waals surface area contributed by atoms with E-state index in [0.717, 1.165) is 0 Å². The number of ether oxygens (including phenoxy) is 1. The molecule has 0 aliphatic carbocycles. The van der Waals surface area contributed by atoms with Gasteiger partial charge in [0.15, 0.2) is 17.3 Å². The number of esters is 1. The van der Waals surface area contributed by atoms with Crippen LogP contribution in [0.1, 0.15) is 22.6 Å². The van der Waals surface area contributed by atoms with Crippen LogP contribution in [-0.2, 0) is 22.5 Å². The fraction of sp³-hybridized carbons (Fsp3) is 0.357. The van der Waals surface area contributed by atoms with E-state index >= 15 is 0 Å². The van der Waals surface area contributed by atoms with Gasteiger partial charge in [-0.1, -0.05) is 0 Å². The van der Waals surface area contributed by atoms with Crippen LogP contribution in [0.15, 0.2) is 22.8 Å². The molecule has 0 saturated heterocycles. The topological polar surface area (TPSA) is 94.6 Å². The summed E-state index contributed by atoms with van der Waals surface area (Å²) in [5, 5.41) is 9.27. The van der Waals surface area contributed by atoms with Crippen LogP contribution in [-0.4, -0.2) is 33.7 Å². The van der Waals surface area contributed by atoms with Crippen LogP contribution in [0.4, 0.5) is 0 Å². The van der Waals surface area contributed by atoms with Gasteiger partial charge in [-0.05, 0) is 25.0 Å². The first-order chi connectivity index (χ1) is 10.1. The average Bonchev–Trinajstić information content (AvgIpc) is 3.12. The fourth-order valence-electron chi connectivity index (χ4n) is 2.68. The number of aromatic carboxylic acids is 1. The molecule has 2 aromatic rings. The van der Waals surface area contributed by atoms with Gasteiger partial charge in [-0.3, -0.25) is 4.79 Å². The van der Waals surface area contributed by atoms with Crippen molar-refractivity contribution in [3.8, 4) is 11.6 Å². The maximum atomic E-state index is 11.7. The highest BCUT2D eigenvalue weighted by Crippen LogP contribution is 2.30. The standard InChI is InChI=1S/C14H14N2O5/c1-20-14(19)8-4-5-9-11(13(17)18)15-12(16(9)7-8)10-3-2-6-21-10/h2-3,6,8H,4-5,7H2,1H3,(H,17,18). The number of imidazole rings is 1. The molecule has 0 aromatic carbocycles. The second-order valence-electron chi connectivity index (χ2n) is 4.88. The van der Waals surface area contributed by atoms with E-state index in [0.29, 0.717) is 36.7 Å². The highest BCUT2D eigenvalue weighted by Gasteiger charge is 2.32. The smallest absolute Gasteiger partial charge is 0.356 e. The van der Waals surface area contributed by atoms with E-state index in [-0.39, 0.29) is 17.6 Å². The van der Waals surface area contributed by atoms with Crippen molar-refractivity contribution in [2.24, 2.45) is 5.92 Å². The molecule has 7 nitrogen and oxygen atoms in total. The first-order valence-corrected chi connectivity index (χ1v) is 6.56. The molecule has 0 bridgehead atoms. The van der Waals surface area contributed by atoms with E-state index in [9.17, 15) is 14.7 Å². The number of hydrogen-bond donors (Lipinski definition) is 1. The van der Waals surface area contributed by atoms with Crippen LogP contribution in [0.5, 0.6) is 0 Å². The Morgan fingerprint density at radius 1 is 1.52 bits per heavy atom. The predicted octanol–water partition coefficient (Wildman–Crippen LogP) is 1.58. The molecule has 1 atom stereocenters. The zero-order valence-electron chi connectivity index (χ0n) is 11.4. The SMILES string of the molecule is COC(=O)C1CCc2c(C(=O)O)nc(-c3ccco3)n2C1. The van der Waals surface area contributed by atoms with E-state index in [4.69, 9.17) is 9.15 Å². The van der Waals surface area contributed by atoms with E-state index in [1.807, 2.05) is 0 Å². The van der Waals surface area contributed by atoms with Crippen molar-refractivity contribution < 1.29 is 23.8 Å². The van der Waals surface area contributed by atoms with Crippen LogP contribution in [0.3, 0.4) is 0 Å². The Labute approximate surface area is 120 Å². The summed E-state index contributed by atoms with van der Waals surface area (Å²) in [6.07, 6.45) is 2.52. The summed E-state index contributed by atoms with van der Waals surface area (Å²) in [5.74, 6) is -0.757.